The fraction of sp³-hybridized carbons (Fsp3) is 0.333. The predicted molar refractivity (Wildman–Crippen MR) is 107 cm³/mol. The van der Waals surface area contributed by atoms with E-state index in [4.69, 9.17) is 0 Å². The Kier molecular flexibility index (Phi) is 4.74. The number of benzene rings is 2. The van der Waals surface area contributed by atoms with Crippen molar-refractivity contribution in [1.29, 1.82) is 0 Å². The number of hydrogen-bond acceptors (Lipinski definition) is 0. The first kappa shape index (κ1) is 16.2. The highest BCUT2D eigenvalue weighted by Crippen LogP contribution is 2.37. The quantitative estimate of drug-likeness (QED) is 0.493. The highest BCUT2D eigenvalue weighted by Gasteiger charge is 2.21. The topological polar surface area (TPSA) is 4.93 Å². The molecule has 1 heterocycles. The molecule has 0 fully saturated rings. The Bertz CT molecular complexity index is 870. The maximum Gasteiger partial charge on any atom is 0.0483 e. The fourth-order valence-electron chi connectivity index (χ4n) is 4.35. The van der Waals surface area contributed by atoms with Gasteiger partial charge in [-0.05, 0) is 55.7 Å². The van der Waals surface area contributed by atoms with E-state index in [1.54, 1.807) is 5.56 Å². The zero-order valence-corrected chi connectivity index (χ0v) is 15.1. The van der Waals surface area contributed by atoms with Gasteiger partial charge >= 0.3 is 0 Å². The van der Waals surface area contributed by atoms with Crippen LogP contribution >= 0.6 is 0 Å². The highest BCUT2D eigenvalue weighted by molar-refractivity contribution is 5.86. The van der Waals surface area contributed by atoms with Crippen molar-refractivity contribution in [2.24, 2.45) is 7.05 Å². The number of para-hydroxylation sites is 1. The molecule has 1 aromatic heterocycles. The predicted octanol–water partition coefficient (Wildman–Crippen LogP) is 6.18. The van der Waals surface area contributed by atoms with Crippen LogP contribution in [-0.2, 0) is 19.9 Å². The van der Waals surface area contributed by atoms with Crippen LogP contribution in [0.15, 0.2) is 66.7 Å². The molecule has 0 saturated carbocycles. The van der Waals surface area contributed by atoms with Crippen LogP contribution in [-0.4, -0.2) is 4.57 Å². The maximum absolute atomic E-state index is 2.45. The maximum atomic E-state index is 2.45. The van der Waals surface area contributed by atoms with Crippen molar-refractivity contribution in [1.82, 2.24) is 4.57 Å². The summed E-state index contributed by atoms with van der Waals surface area (Å²) in [6.07, 6.45) is 12.2. The fourth-order valence-corrected chi connectivity index (χ4v) is 4.35. The smallest absolute Gasteiger partial charge is 0.0483 e. The van der Waals surface area contributed by atoms with Crippen LogP contribution in [0.3, 0.4) is 0 Å². The number of hydrogen-bond donors (Lipinski definition) is 0. The average Bonchev–Trinajstić information content (AvgIpc) is 2.96. The van der Waals surface area contributed by atoms with Gasteiger partial charge in [-0.25, -0.2) is 0 Å². The Morgan fingerprint density at radius 3 is 2.56 bits per heavy atom. The van der Waals surface area contributed by atoms with Crippen molar-refractivity contribution in [3.8, 4) is 0 Å². The van der Waals surface area contributed by atoms with Crippen molar-refractivity contribution in [3.05, 3.63) is 83.6 Å². The first-order chi connectivity index (χ1) is 12.3. The van der Waals surface area contributed by atoms with E-state index in [0.29, 0.717) is 5.92 Å². The molecule has 3 aromatic rings. The Labute approximate surface area is 151 Å². The summed E-state index contributed by atoms with van der Waals surface area (Å²) in [4.78, 5) is 0. The molecule has 1 aliphatic rings. The first-order valence-corrected chi connectivity index (χ1v) is 9.61. The van der Waals surface area contributed by atoms with E-state index in [2.05, 4.69) is 78.4 Å². The number of nitrogens with zero attached hydrogens (tertiary/aromatic N) is 1. The van der Waals surface area contributed by atoms with Crippen LogP contribution in [0.25, 0.3) is 10.9 Å². The van der Waals surface area contributed by atoms with Gasteiger partial charge in [0.25, 0.3) is 0 Å². The Hall–Kier alpha value is -2.28. The summed E-state index contributed by atoms with van der Waals surface area (Å²) < 4.78 is 2.44. The summed E-state index contributed by atoms with van der Waals surface area (Å²) in [5, 5.41) is 1.45. The number of fused-ring (bicyclic) bond motifs is 1. The monoisotopic (exact) mass is 329 g/mol. The third-order valence-corrected chi connectivity index (χ3v) is 5.62. The van der Waals surface area contributed by atoms with Gasteiger partial charge in [-0.15, -0.1) is 0 Å². The van der Waals surface area contributed by atoms with E-state index < -0.39 is 0 Å². The lowest BCUT2D eigenvalue weighted by molar-refractivity contribution is 0.642. The summed E-state index contributed by atoms with van der Waals surface area (Å²) >= 11 is 0. The Balaban J connectivity index is 1.65. The average molecular weight is 329 g/mol. The molecule has 0 amide bonds. The molecular weight excluding hydrogens is 302 g/mol. The third kappa shape index (κ3) is 3.28. The summed E-state index contributed by atoms with van der Waals surface area (Å²) in [5.74, 6) is 0.589. The number of aryl methyl sites for hydroxylation is 2. The second kappa shape index (κ2) is 7.31. The number of allylic oxidation sites excluding steroid dienone is 2. The van der Waals surface area contributed by atoms with Crippen LogP contribution < -0.4 is 0 Å². The van der Waals surface area contributed by atoms with Gasteiger partial charge in [0.05, 0.1) is 0 Å². The normalized spacial score (nSPS) is 17.2. The minimum Gasteiger partial charge on any atom is -0.347 e. The largest absolute Gasteiger partial charge is 0.347 e. The Morgan fingerprint density at radius 2 is 1.76 bits per heavy atom. The molecule has 1 nitrogen and oxygen atoms in total. The summed E-state index contributed by atoms with van der Waals surface area (Å²) in [7, 11) is 2.25. The summed E-state index contributed by atoms with van der Waals surface area (Å²) in [5.41, 5.74) is 5.95. The van der Waals surface area contributed by atoms with Crippen LogP contribution in [0.2, 0.25) is 0 Å². The van der Waals surface area contributed by atoms with E-state index in [9.17, 15) is 0 Å². The minimum atomic E-state index is 0.589. The molecule has 0 unspecified atom stereocenters. The Morgan fingerprint density at radius 1 is 0.960 bits per heavy atom. The van der Waals surface area contributed by atoms with E-state index in [1.807, 2.05) is 0 Å². The zero-order chi connectivity index (χ0) is 17.1. The van der Waals surface area contributed by atoms with Crippen LogP contribution in [0.4, 0.5) is 0 Å². The molecule has 0 spiro atoms. The lowest BCUT2D eigenvalue weighted by Gasteiger charge is -2.19. The van der Waals surface area contributed by atoms with E-state index in [0.717, 1.165) is 12.8 Å². The summed E-state index contributed by atoms with van der Waals surface area (Å²) in [6, 6.07) is 19.8. The van der Waals surface area contributed by atoms with E-state index in [1.165, 1.54) is 47.8 Å². The molecule has 25 heavy (non-hydrogen) atoms. The van der Waals surface area contributed by atoms with Crippen molar-refractivity contribution in [2.75, 3.05) is 0 Å². The van der Waals surface area contributed by atoms with E-state index in [-0.39, 0.29) is 0 Å². The third-order valence-electron chi connectivity index (χ3n) is 5.62. The van der Waals surface area contributed by atoms with Crippen LogP contribution in [0, 0.1) is 0 Å². The van der Waals surface area contributed by atoms with Crippen molar-refractivity contribution < 1.29 is 0 Å². The molecule has 128 valence electrons. The van der Waals surface area contributed by atoms with Gasteiger partial charge < -0.3 is 4.57 Å². The van der Waals surface area contributed by atoms with Gasteiger partial charge in [0, 0.05) is 29.6 Å². The van der Waals surface area contributed by atoms with Crippen LogP contribution in [0.5, 0.6) is 0 Å². The SMILES string of the molecule is Cn1c(CCCc2ccccc2)c([C@@H]2C=CCCC2)c2ccccc21. The molecule has 0 saturated heterocycles. The molecule has 4 rings (SSSR count). The van der Waals surface area contributed by atoms with Gasteiger partial charge in [-0.2, -0.15) is 0 Å². The molecule has 1 atom stereocenters. The molecule has 1 aliphatic carbocycles. The molecule has 0 bridgehead atoms. The molecular formula is C24H27N. The van der Waals surface area contributed by atoms with Gasteiger partial charge in [0.2, 0.25) is 0 Å². The number of aromatic nitrogens is 1. The number of rotatable bonds is 5. The van der Waals surface area contributed by atoms with Crippen LogP contribution in [0.1, 0.15) is 48.4 Å². The second-order valence-corrected chi connectivity index (χ2v) is 7.24. The molecule has 0 radical (unpaired) electrons. The molecule has 0 N–H and O–H groups in total. The molecule has 1 heteroatoms. The first-order valence-electron chi connectivity index (χ1n) is 9.61. The van der Waals surface area contributed by atoms with Crippen molar-refractivity contribution >= 4 is 10.9 Å². The van der Waals surface area contributed by atoms with Crippen molar-refractivity contribution in [3.63, 3.8) is 0 Å². The standard InChI is InChI=1S/C24H27N/c1-25-22-17-9-8-16-21(22)24(20-14-6-3-7-15-20)23(25)18-10-13-19-11-4-2-5-12-19/h2,4-6,8-9,11-12,14,16-17,20H,3,7,10,13,15,18H2,1H3/t20-/m1/s1. The molecule has 0 aliphatic heterocycles. The lowest BCUT2D eigenvalue weighted by atomic mass is 9.86. The van der Waals surface area contributed by atoms with Crippen molar-refractivity contribution in [2.45, 2.75) is 44.4 Å². The lowest BCUT2D eigenvalue weighted by Crippen LogP contribution is -2.06. The van der Waals surface area contributed by atoms with Gasteiger partial charge in [0.1, 0.15) is 0 Å². The second-order valence-electron chi connectivity index (χ2n) is 7.24. The zero-order valence-electron chi connectivity index (χ0n) is 15.1. The van der Waals surface area contributed by atoms with Gasteiger partial charge in [0.15, 0.2) is 0 Å². The summed E-state index contributed by atoms with van der Waals surface area (Å²) in [6.45, 7) is 0. The highest BCUT2D eigenvalue weighted by atomic mass is 14.9. The minimum absolute atomic E-state index is 0.589. The van der Waals surface area contributed by atoms with E-state index >= 15 is 0 Å². The van der Waals surface area contributed by atoms with Gasteiger partial charge in [-0.1, -0.05) is 60.7 Å². The molecule has 2 aromatic carbocycles. The van der Waals surface area contributed by atoms with Gasteiger partial charge in [-0.3, -0.25) is 0 Å².